The lowest BCUT2D eigenvalue weighted by Crippen LogP contribution is -2.28. The van der Waals surface area contributed by atoms with Crippen LogP contribution in [0.1, 0.15) is 45.6 Å². The van der Waals surface area contributed by atoms with Gasteiger partial charge in [0.25, 0.3) is 0 Å². The lowest BCUT2D eigenvalue weighted by Gasteiger charge is -2.28. The largest absolute Gasteiger partial charge is 0.309 e. The van der Waals surface area contributed by atoms with Crippen LogP contribution in [0.4, 0.5) is 4.39 Å². The number of Topliss-reactive ketones (excluding diaryl/α,β-unsaturated/α-hetero) is 1. The summed E-state index contributed by atoms with van der Waals surface area (Å²) in [6, 6.07) is 14.7. The fraction of sp³-hybridized carbons (Fsp3) is 0.296. The molecule has 0 fully saturated rings. The number of benzene rings is 2. The van der Waals surface area contributed by atoms with Crippen molar-refractivity contribution in [3.8, 4) is 11.1 Å². The predicted molar refractivity (Wildman–Crippen MR) is 126 cm³/mol. The minimum absolute atomic E-state index is 0.0463. The number of allylic oxidation sites excluding steroid dienone is 2. The molecule has 0 amide bonds. The summed E-state index contributed by atoms with van der Waals surface area (Å²) >= 11 is 0. The minimum Gasteiger partial charge on any atom is -0.309 e. The summed E-state index contributed by atoms with van der Waals surface area (Å²) in [4.78, 5) is 17.4. The Morgan fingerprint density at radius 1 is 1.26 bits per heavy atom. The van der Waals surface area contributed by atoms with Crippen LogP contribution in [-0.2, 0) is 4.79 Å². The topological polar surface area (TPSA) is 53.3 Å². The third-order valence-corrected chi connectivity index (χ3v) is 6.17. The van der Waals surface area contributed by atoms with Crippen molar-refractivity contribution >= 4 is 17.2 Å². The Morgan fingerprint density at radius 3 is 2.55 bits per heavy atom. The molecule has 0 aromatic heterocycles. The third-order valence-electron chi connectivity index (χ3n) is 6.17. The van der Waals surface area contributed by atoms with Crippen LogP contribution in [0, 0.1) is 22.6 Å². The van der Waals surface area contributed by atoms with Gasteiger partial charge in [0.2, 0.25) is 0 Å². The Bertz CT molecular complexity index is 1070. The van der Waals surface area contributed by atoms with Crippen LogP contribution in [0.25, 0.3) is 11.1 Å². The van der Waals surface area contributed by atoms with Crippen molar-refractivity contribution in [2.45, 2.75) is 40.0 Å². The smallest absolute Gasteiger partial charge is 0.142 e. The number of carbonyl (C=O) groups is 1. The molecule has 2 atom stereocenters. The molecule has 160 valence electrons. The Morgan fingerprint density at radius 2 is 1.97 bits per heavy atom. The first-order chi connectivity index (χ1) is 14.8. The SMILES string of the molecule is C=C[C@@](C)(CC(=O)C(CC)C(C)=N)C1=CN=C(c2ccc(-c3ccccc3)c(F)c2)C1. The lowest BCUT2D eigenvalue weighted by molar-refractivity contribution is -0.122. The van der Waals surface area contributed by atoms with Crippen molar-refractivity contribution in [2.75, 3.05) is 0 Å². The summed E-state index contributed by atoms with van der Waals surface area (Å²) in [6.07, 6.45) is 5.02. The molecule has 3 nitrogen and oxygen atoms in total. The maximum atomic E-state index is 14.8. The Kier molecular flexibility index (Phi) is 6.79. The molecule has 4 heteroatoms. The second kappa shape index (κ2) is 9.34. The van der Waals surface area contributed by atoms with Crippen molar-refractivity contribution in [3.05, 3.63) is 84.3 Å². The Labute approximate surface area is 183 Å². The molecule has 0 bridgehead atoms. The first-order valence-electron chi connectivity index (χ1n) is 10.6. The highest BCUT2D eigenvalue weighted by Crippen LogP contribution is 2.39. The van der Waals surface area contributed by atoms with Crippen molar-refractivity contribution in [2.24, 2.45) is 16.3 Å². The van der Waals surface area contributed by atoms with E-state index < -0.39 is 5.41 Å². The van der Waals surface area contributed by atoms with E-state index in [2.05, 4.69) is 11.6 Å². The highest BCUT2D eigenvalue weighted by Gasteiger charge is 2.34. The van der Waals surface area contributed by atoms with Gasteiger partial charge in [-0.3, -0.25) is 9.79 Å². The molecule has 3 rings (SSSR count). The van der Waals surface area contributed by atoms with E-state index in [9.17, 15) is 9.18 Å². The number of rotatable bonds is 9. The lowest BCUT2D eigenvalue weighted by atomic mass is 9.74. The number of nitrogens with zero attached hydrogens (tertiary/aromatic N) is 1. The highest BCUT2D eigenvalue weighted by molar-refractivity contribution is 6.05. The number of halogens is 1. The van der Waals surface area contributed by atoms with Gasteiger partial charge in [-0.05, 0) is 36.1 Å². The maximum Gasteiger partial charge on any atom is 0.142 e. The van der Waals surface area contributed by atoms with Crippen molar-refractivity contribution in [1.29, 1.82) is 5.41 Å². The van der Waals surface area contributed by atoms with Crippen molar-refractivity contribution < 1.29 is 9.18 Å². The van der Waals surface area contributed by atoms with Gasteiger partial charge in [0.15, 0.2) is 0 Å². The molecule has 0 saturated heterocycles. The zero-order valence-corrected chi connectivity index (χ0v) is 18.4. The summed E-state index contributed by atoms with van der Waals surface area (Å²) in [7, 11) is 0. The normalized spacial score (nSPS) is 16.1. The Hall–Kier alpha value is -3.14. The highest BCUT2D eigenvalue weighted by atomic mass is 19.1. The second-order valence-electron chi connectivity index (χ2n) is 8.38. The van der Waals surface area contributed by atoms with Gasteiger partial charge in [0.1, 0.15) is 11.6 Å². The van der Waals surface area contributed by atoms with Gasteiger partial charge in [-0.25, -0.2) is 4.39 Å². The number of carbonyl (C=O) groups excluding carboxylic acids is 1. The summed E-state index contributed by atoms with van der Waals surface area (Å²) < 4.78 is 14.8. The predicted octanol–water partition coefficient (Wildman–Crippen LogP) is 6.79. The molecule has 2 aromatic carbocycles. The van der Waals surface area contributed by atoms with Gasteiger partial charge in [-0.1, -0.05) is 62.4 Å². The maximum absolute atomic E-state index is 14.8. The van der Waals surface area contributed by atoms with Gasteiger partial charge in [0.05, 0.1) is 11.6 Å². The Balaban J connectivity index is 1.76. The minimum atomic E-state index is -0.548. The van der Waals surface area contributed by atoms with Gasteiger partial charge in [0, 0.05) is 35.7 Å². The first kappa shape index (κ1) is 22.5. The van der Waals surface area contributed by atoms with Crippen LogP contribution in [0.2, 0.25) is 0 Å². The van der Waals surface area contributed by atoms with Crippen LogP contribution in [0.15, 0.2) is 78.0 Å². The van der Waals surface area contributed by atoms with E-state index in [-0.39, 0.29) is 23.9 Å². The van der Waals surface area contributed by atoms with Crippen LogP contribution in [0.5, 0.6) is 0 Å². The zero-order valence-electron chi connectivity index (χ0n) is 18.4. The molecule has 0 spiro atoms. The monoisotopic (exact) mass is 416 g/mol. The van der Waals surface area contributed by atoms with Gasteiger partial charge in [-0.15, -0.1) is 6.58 Å². The molecule has 2 aromatic rings. The molecule has 1 heterocycles. The zero-order chi connectivity index (χ0) is 22.6. The second-order valence-corrected chi connectivity index (χ2v) is 8.38. The number of nitrogens with one attached hydrogen (secondary N) is 1. The average Bonchev–Trinajstić information content (AvgIpc) is 3.25. The fourth-order valence-electron chi connectivity index (χ4n) is 4.08. The number of aliphatic imine (C=N–C) groups is 1. The summed E-state index contributed by atoms with van der Waals surface area (Å²) in [5.41, 5.74) is 3.75. The van der Waals surface area contributed by atoms with E-state index in [1.54, 1.807) is 25.3 Å². The first-order valence-corrected chi connectivity index (χ1v) is 10.6. The third kappa shape index (κ3) is 4.79. The van der Waals surface area contributed by atoms with E-state index in [1.807, 2.05) is 50.2 Å². The number of hydrogen-bond acceptors (Lipinski definition) is 3. The molecule has 1 unspecified atom stereocenters. The molecular weight excluding hydrogens is 387 g/mol. The number of ketones is 1. The van der Waals surface area contributed by atoms with E-state index in [1.165, 1.54) is 6.07 Å². The summed E-state index contributed by atoms with van der Waals surface area (Å²) in [5.74, 6) is -0.597. The molecular formula is C27H29FN2O. The molecule has 31 heavy (non-hydrogen) atoms. The van der Waals surface area contributed by atoms with Crippen LogP contribution < -0.4 is 0 Å². The van der Waals surface area contributed by atoms with Gasteiger partial charge in [-0.2, -0.15) is 0 Å². The molecule has 0 saturated carbocycles. The van der Waals surface area contributed by atoms with Crippen LogP contribution in [0.3, 0.4) is 0 Å². The molecule has 1 aliphatic rings. The fourth-order valence-corrected chi connectivity index (χ4v) is 4.08. The van der Waals surface area contributed by atoms with Crippen LogP contribution >= 0.6 is 0 Å². The average molecular weight is 417 g/mol. The van der Waals surface area contributed by atoms with Gasteiger partial charge < -0.3 is 5.41 Å². The molecule has 1 N–H and O–H groups in total. The van der Waals surface area contributed by atoms with E-state index >= 15 is 0 Å². The van der Waals surface area contributed by atoms with Crippen molar-refractivity contribution in [3.63, 3.8) is 0 Å². The molecule has 0 aliphatic carbocycles. The standard InChI is InChI=1S/C27H29FN2O/c1-5-22(18(3)29)26(31)16-27(4,6-2)21-15-25(30-17-21)20-12-13-23(24(28)14-20)19-10-8-7-9-11-19/h6-14,17,22,29H,2,5,15-16H2,1,3-4H3/t22?,27-/m0/s1. The summed E-state index contributed by atoms with van der Waals surface area (Å²) in [6.45, 7) is 9.55. The van der Waals surface area contributed by atoms with Crippen LogP contribution in [-0.4, -0.2) is 17.2 Å². The quantitative estimate of drug-likeness (QED) is 0.355. The molecule has 0 radical (unpaired) electrons. The molecule has 1 aliphatic heterocycles. The van der Waals surface area contributed by atoms with E-state index in [4.69, 9.17) is 5.41 Å². The van der Waals surface area contributed by atoms with E-state index in [0.29, 0.717) is 24.1 Å². The van der Waals surface area contributed by atoms with E-state index in [0.717, 1.165) is 22.4 Å². The van der Waals surface area contributed by atoms with Gasteiger partial charge >= 0.3 is 0 Å². The van der Waals surface area contributed by atoms with Crippen molar-refractivity contribution in [1.82, 2.24) is 0 Å². The number of hydrogen-bond donors (Lipinski definition) is 1. The summed E-state index contributed by atoms with van der Waals surface area (Å²) in [5, 5.41) is 7.88.